The fraction of sp³-hybridized carbons (Fsp3) is 0.692. The first-order valence-corrected chi connectivity index (χ1v) is 8.85. The molecule has 2 N–H and O–H groups in total. The Morgan fingerprint density at radius 3 is 2.41 bits per heavy atom. The molecule has 1 aliphatic heterocycles. The number of piperazine rings is 1. The monoisotopic (exact) mass is 329 g/mol. The maximum Gasteiger partial charge on any atom is 0.244 e. The van der Waals surface area contributed by atoms with E-state index < -0.39 is 10.0 Å². The van der Waals surface area contributed by atoms with Gasteiger partial charge in [-0.1, -0.05) is 6.92 Å². The number of carbonyl (C=O) groups is 1. The highest BCUT2D eigenvalue weighted by molar-refractivity contribution is 7.89. The molecule has 9 heteroatoms. The van der Waals surface area contributed by atoms with Crippen molar-refractivity contribution in [3.63, 3.8) is 0 Å². The Kier molecular flexibility index (Phi) is 5.20. The molecule has 1 aliphatic rings. The van der Waals surface area contributed by atoms with E-state index in [0.29, 0.717) is 24.5 Å². The maximum atomic E-state index is 12.3. The lowest BCUT2D eigenvalue weighted by Gasteiger charge is -2.34. The fourth-order valence-electron chi connectivity index (χ4n) is 2.59. The van der Waals surface area contributed by atoms with E-state index in [9.17, 15) is 13.2 Å². The molecule has 0 unspecified atom stereocenters. The standard InChI is InChI=1S/C13H23N5O3S/c1-4-17-5-7-18(8-6-17)12(19)9-14-22(20,21)13-10(2)15-16-11(13)3/h14H,4-9H2,1-3H3,(H,15,16). The molecule has 2 heterocycles. The van der Waals surface area contributed by atoms with Crippen molar-refractivity contribution < 1.29 is 13.2 Å². The van der Waals surface area contributed by atoms with Gasteiger partial charge in [-0.05, 0) is 20.4 Å². The van der Waals surface area contributed by atoms with Crippen LogP contribution in [0.5, 0.6) is 0 Å². The lowest BCUT2D eigenvalue weighted by Crippen LogP contribution is -2.51. The number of aryl methyl sites for hydroxylation is 2. The van der Waals surface area contributed by atoms with Crippen molar-refractivity contribution in [2.75, 3.05) is 39.3 Å². The second-order valence-electron chi connectivity index (χ2n) is 5.40. The minimum Gasteiger partial charge on any atom is -0.339 e. The molecule has 1 aromatic rings. The summed E-state index contributed by atoms with van der Waals surface area (Å²) in [7, 11) is -3.73. The highest BCUT2D eigenvalue weighted by atomic mass is 32.2. The number of nitrogens with zero attached hydrogens (tertiary/aromatic N) is 3. The van der Waals surface area contributed by atoms with E-state index in [4.69, 9.17) is 0 Å². The van der Waals surface area contributed by atoms with E-state index in [1.165, 1.54) is 0 Å². The zero-order valence-corrected chi connectivity index (χ0v) is 14.0. The number of carbonyl (C=O) groups excluding carboxylic acids is 1. The van der Waals surface area contributed by atoms with Crippen LogP contribution in [0, 0.1) is 13.8 Å². The zero-order valence-electron chi connectivity index (χ0n) is 13.2. The van der Waals surface area contributed by atoms with Crippen LogP contribution in [-0.4, -0.2) is 73.6 Å². The van der Waals surface area contributed by atoms with Crippen LogP contribution in [0.2, 0.25) is 0 Å². The Labute approximate surface area is 130 Å². The van der Waals surface area contributed by atoms with E-state index in [2.05, 4.69) is 26.7 Å². The Bertz CT molecular complexity index is 613. The molecule has 0 saturated carbocycles. The van der Waals surface area contributed by atoms with Crippen molar-refractivity contribution >= 4 is 15.9 Å². The fourth-order valence-corrected chi connectivity index (χ4v) is 3.93. The van der Waals surface area contributed by atoms with Crippen LogP contribution in [0.1, 0.15) is 18.3 Å². The van der Waals surface area contributed by atoms with Gasteiger partial charge in [0, 0.05) is 26.2 Å². The normalized spacial score (nSPS) is 17.0. The Hall–Kier alpha value is -1.45. The molecular weight excluding hydrogens is 306 g/mol. The maximum absolute atomic E-state index is 12.3. The van der Waals surface area contributed by atoms with E-state index >= 15 is 0 Å². The lowest BCUT2D eigenvalue weighted by atomic mass is 10.3. The van der Waals surface area contributed by atoms with Crippen LogP contribution < -0.4 is 4.72 Å². The van der Waals surface area contributed by atoms with Crippen LogP contribution in [-0.2, 0) is 14.8 Å². The number of rotatable bonds is 5. The lowest BCUT2D eigenvalue weighted by molar-refractivity contribution is -0.131. The third kappa shape index (κ3) is 3.65. The van der Waals surface area contributed by atoms with E-state index in [1.54, 1.807) is 18.7 Å². The molecule has 1 amide bonds. The number of nitrogens with one attached hydrogen (secondary N) is 2. The largest absolute Gasteiger partial charge is 0.339 e. The average Bonchev–Trinajstić information content (AvgIpc) is 2.84. The first kappa shape index (κ1) is 16.9. The molecule has 2 rings (SSSR count). The van der Waals surface area contributed by atoms with Gasteiger partial charge in [-0.15, -0.1) is 0 Å². The summed E-state index contributed by atoms with van der Waals surface area (Å²) in [5.74, 6) is -0.196. The van der Waals surface area contributed by atoms with Crippen molar-refractivity contribution in [3.05, 3.63) is 11.4 Å². The number of sulfonamides is 1. The van der Waals surface area contributed by atoms with Gasteiger partial charge in [0.2, 0.25) is 15.9 Å². The number of hydrogen-bond donors (Lipinski definition) is 2. The first-order valence-electron chi connectivity index (χ1n) is 7.36. The summed E-state index contributed by atoms with van der Waals surface area (Å²) in [4.78, 5) is 16.2. The molecule has 1 fully saturated rings. The topological polar surface area (TPSA) is 98.4 Å². The Balaban J connectivity index is 1.94. The molecular formula is C13H23N5O3S. The van der Waals surface area contributed by atoms with Crippen LogP contribution in [0.4, 0.5) is 0 Å². The van der Waals surface area contributed by atoms with Gasteiger partial charge in [0.05, 0.1) is 17.9 Å². The quantitative estimate of drug-likeness (QED) is 0.757. The van der Waals surface area contributed by atoms with Crippen molar-refractivity contribution in [1.82, 2.24) is 24.7 Å². The van der Waals surface area contributed by atoms with Gasteiger partial charge in [-0.25, -0.2) is 13.1 Å². The van der Waals surface area contributed by atoms with Crippen molar-refractivity contribution in [2.24, 2.45) is 0 Å². The van der Waals surface area contributed by atoms with Gasteiger partial charge in [-0.2, -0.15) is 5.10 Å². The SMILES string of the molecule is CCN1CCN(C(=O)CNS(=O)(=O)c2c(C)n[nH]c2C)CC1. The molecule has 0 bridgehead atoms. The van der Waals surface area contributed by atoms with Crippen LogP contribution >= 0.6 is 0 Å². The van der Waals surface area contributed by atoms with Gasteiger partial charge in [0.25, 0.3) is 0 Å². The molecule has 0 atom stereocenters. The third-order valence-electron chi connectivity index (χ3n) is 3.91. The van der Waals surface area contributed by atoms with E-state index in [1.807, 2.05) is 0 Å². The molecule has 0 aromatic carbocycles. The third-order valence-corrected chi connectivity index (χ3v) is 5.58. The Morgan fingerprint density at radius 1 is 1.27 bits per heavy atom. The van der Waals surface area contributed by atoms with Crippen molar-refractivity contribution in [2.45, 2.75) is 25.7 Å². The summed E-state index contributed by atoms with van der Waals surface area (Å²) in [5, 5.41) is 6.51. The molecule has 1 aromatic heterocycles. The highest BCUT2D eigenvalue weighted by Crippen LogP contribution is 2.16. The van der Waals surface area contributed by atoms with Gasteiger partial charge in [-0.3, -0.25) is 9.89 Å². The number of H-pyrrole nitrogens is 1. The average molecular weight is 329 g/mol. The second-order valence-corrected chi connectivity index (χ2v) is 7.11. The molecule has 0 radical (unpaired) electrons. The Morgan fingerprint density at radius 2 is 1.91 bits per heavy atom. The molecule has 0 spiro atoms. The summed E-state index contributed by atoms with van der Waals surface area (Å²) >= 11 is 0. The molecule has 8 nitrogen and oxygen atoms in total. The number of aromatic nitrogens is 2. The predicted molar refractivity (Wildman–Crippen MR) is 81.9 cm³/mol. The minimum atomic E-state index is -3.73. The van der Waals surface area contributed by atoms with E-state index in [0.717, 1.165) is 19.6 Å². The molecule has 22 heavy (non-hydrogen) atoms. The van der Waals surface area contributed by atoms with E-state index in [-0.39, 0.29) is 17.3 Å². The van der Waals surface area contributed by atoms with Crippen LogP contribution in [0.3, 0.4) is 0 Å². The summed E-state index contributed by atoms with van der Waals surface area (Å²) in [6.45, 7) is 9.01. The number of amides is 1. The van der Waals surface area contributed by atoms with Gasteiger partial charge in [0.15, 0.2) is 0 Å². The molecule has 124 valence electrons. The van der Waals surface area contributed by atoms with Gasteiger partial charge >= 0.3 is 0 Å². The number of likely N-dealkylation sites (N-methyl/N-ethyl adjacent to an activating group) is 1. The zero-order chi connectivity index (χ0) is 16.3. The van der Waals surface area contributed by atoms with Crippen molar-refractivity contribution in [1.29, 1.82) is 0 Å². The summed E-state index contributed by atoms with van der Waals surface area (Å²) in [5.41, 5.74) is 0.864. The van der Waals surface area contributed by atoms with Crippen LogP contribution in [0.25, 0.3) is 0 Å². The number of aromatic amines is 1. The van der Waals surface area contributed by atoms with Gasteiger partial charge < -0.3 is 9.80 Å². The van der Waals surface area contributed by atoms with Gasteiger partial charge in [0.1, 0.15) is 4.90 Å². The minimum absolute atomic E-state index is 0.121. The summed E-state index contributed by atoms with van der Waals surface area (Å²) in [6, 6.07) is 0. The van der Waals surface area contributed by atoms with Crippen LogP contribution in [0.15, 0.2) is 4.90 Å². The number of hydrogen-bond acceptors (Lipinski definition) is 5. The summed E-state index contributed by atoms with van der Waals surface area (Å²) < 4.78 is 26.9. The highest BCUT2D eigenvalue weighted by Gasteiger charge is 2.25. The smallest absolute Gasteiger partial charge is 0.244 e. The summed E-state index contributed by atoms with van der Waals surface area (Å²) in [6.07, 6.45) is 0. The second kappa shape index (κ2) is 6.76. The van der Waals surface area contributed by atoms with Crippen molar-refractivity contribution in [3.8, 4) is 0 Å². The molecule has 0 aliphatic carbocycles. The predicted octanol–water partition coefficient (Wildman–Crippen LogP) is -0.531. The first-order chi connectivity index (χ1) is 10.3. The molecule has 1 saturated heterocycles.